The second-order valence-electron chi connectivity index (χ2n) is 4.95. The van der Waals surface area contributed by atoms with E-state index in [9.17, 15) is 4.79 Å². The number of alkyl halides is 1. The lowest BCUT2D eigenvalue weighted by Crippen LogP contribution is -2.28. The molecule has 1 aliphatic heterocycles. The molecule has 1 aliphatic rings. The van der Waals surface area contributed by atoms with Crippen molar-refractivity contribution in [2.75, 3.05) is 33.2 Å². The average molecular weight is 298 g/mol. The van der Waals surface area contributed by atoms with Gasteiger partial charge in [0.1, 0.15) is 0 Å². The van der Waals surface area contributed by atoms with Crippen molar-refractivity contribution in [3.8, 4) is 11.5 Å². The molecule has 0 aliphatic carbocycles. The third-order valence-corrected chi connectivity index (χ3v) is 3.94. The molecule has 2 rings (SSSR count). The van der Waals surface area contributed by atoms with Crippen LogP contribution in [-0.4, -0.2) is 44.0 Å². The van der Waals surface area contributed by atoms with Crippen molar-refractivity contribution in [2.24, 2.45) is 5.92 Å². The van der Waals surface area contributed by atoms with E-state index in [1.807, 2.05) is 4.90 Å². The van der Waals surface area contributed by atoms with Crippen molar-refractivity contribution in [1.29, 1.82) is 0 Å². The van der Waals surface area contributed by atoms with E-state index >= 15 is 0 Å². The summed E-state index contributed by atoms with van der Waals surface area (Å²) in [6.07, 6.45) is 2.00. The molecule has 4 nitrogen and oxygen atoms in total. The number of likely N-dealkylation sites (tertiary alicyclic amines) is 1. The van der Waals surface area contributed by atoms with Gasteiger partial charge in [0.25, 0.3) is 5.91 Å². The maximum absolute atomic E-state index is 12.5. The van der Waals surface area contributed by atoms with Gasteiger partial charge in [-0.25, -0.2) is 0 Å². The van der Waals surface area contributed by atoms with Gasteiger partial charge in [0, 0.05) is 24.5 Å². The van der Waals surface area contributed by atoms with Crippen LogP contribution >= 0.6 is 11.6 Å². The van der Waals surface area contributed by atoms with Gasteiger partial charge in [-0.2, -0.15) is 0 Å². The van der Waals surface area contributed by atoms with Crippen LogP contribution in [0.5, 0.6) is 11.5 Å². The van der Waals surface area contributed by atoms with Gasteiger partial charge in [0.2, 0.25) is 0 Å². The van der Waals surface area contributed by atoms with Crippen LogP contribution < -0.4 is 9.47 Å². The number of hydrogen-bond acceptors (Lipinski definition) is 3. The van der Waals surface area contributed by atoms with E-state index < -0.39 is 0 Å². The van der Waals surface area contributed by atoms with Gasteiger partial charge in [-0.1, -0.05) is 0 Å². The molecule has 0 bridgehead atoms. The van der Waals surface area contributed by atoms with E-state index in [0.29, 0.717) is 28.9 Å². The van der Waals surface area contributed by atoms with Crippen molar-refractivity contribution in [1.82, 2.24) is 4.90 Å². The lowest BCUT2D eigenvalue weighted by atomic mass is 10.1. The van der Waals surface area contributed by atoms with Gasteiger partial charge in [0.15, 0.2) is 11.5 Å². The van der Waals surface area contributed by atoms with Crippen LogP contribution in [0.2, 0.25) is 0 Å². The number of amides is 1. The molecule has 1 unspecified atom stereocenters. The number of nitrogens with zero attached hydrogens (tertiary/aromatic N) is 1. The topological polar surface area (TPSA) is 38.8 Å². The molecule has 5 heteroatoms. The van der Waals surface area contributed by atoms with Crippen LogP contribution in [0.1, 0.15) is 23.2 Å². The van der Waals surface area contributed by atoms with E-state index in [1.165, 1.54) is 0 Å². The number of hydrogen-bond donors (Lipinski definition) is 0. The lowest BCUT2D eigenvalue weighted by molar-refractivity contribution is 0.0786. The Balaban J connectivity index is 2.10. The highest BCUT2D eigenvalue weighted by Gasteiger charge is 2.26. The van der Waals surface area contributed by atoms with Gasteiger partial charge in [-0.3, -0.25) is 4.79 Å². The Kier molecular flexibility index (Phi) is 5.12. The van der Waals surface area contributed by atoms with Crippen LogP contribution in [-0.2, 0) is 0 Å². The summed E-state index contributed by atoms with van der Waals surface area (Å²) in [5.41, 5.74) is 0.633. The molecule has 1 fully saturated rings. The number of ether oxygens (including phenoxy) is 2. The first-order valence-corrected chi connectivity index (χ1v) is 7.30. The molecule has 1 aromatic rings. The predicted octanol–water partition coefficient (Wildman–Crippen LogP) is 2.79. The first-order valence-electron chi connectivity index (χ1n) is 6.76. The SMILES string of the molecule is COc1ccc(C(=O)N2CCC(CCCl)C2)cc1OC. The highest BCUT2D eigenvalue weighted by molar-refractivity contribution is 6.17. The predicted molar refractivity (Wildman–Crippen MR) is 78.9 cm³/mol. The van der Waals surface area contributed by atoms with Gasteiger partial charge in [-0.05, 0) is 37.0 Å². The van der Waals surface area contributed by atoms with Gasteiger partial charge in [0.05, 0.1) is 14.2 Å². The Morgan fingerprint density at radius 3 is 2.75 bits per heavy atom. The summed E-state index contributed by atoms with van der Waals surface area (Å²) in [4.78, 5) is 14.3. The molecule has 0 N–H and O–H groups in total. The highest BCUT2D eigenvalue weighted by Crippen LogP contribution is 2.29. The number of halogens is 1. The zero-order valence-electron chi connectivity index (χ0n) is 11.9. The zero-order chi connectivity index (χ0) is 14.5. The molecule has 0 saturated carbocycles. The summed E-state index contributed by atoms with van der Waals surface area (Å²) in [6.45, 7) is 1.59. The normalized spacial score (nSPS) is 18.1. The Morgan fingerprint density at radius 2 is 2.10 bits per heavy atom. The Labute approximate surface area is 124 Å². The summed E-state index contributed by atoms with van der Waals surface area (Å²) >= 11 is 5.76. The monoisotopic (exact) mass is 297 g/mol. The maximum atomic E-state index is 12.5. The Hall–Kier alpha value is -1.42. The third-order valence-electron chi connectivity index (χ3n) is 3.72. The van der Waals surface area contributed by atoms with Crippen LogP contribution in [0.4, 0.5) is 0 Å². The zero-order valence-corrected chi connectivity index (χ0v) is 12.7. The molecule has 20 heavy (non-hydrogen) atoms. The van der Waals surface area contributed by atoms with Gasteiger partial charge < -0.3 is 14.4 Å². The Morgan fingerprint density at radius 1 is 1.35 bits per heavy atom. The molecule has 110 valence electrons. The van der Waals surface area contributed by atoms with E-state index in [4.69, 9.17) is 21.1 Å². The average Bonchev–Trinajstić information content (AvgIpc) is 2.94. The molecule has 1 saturated heterocycles. The molecular formula is C15H20ClNO3. The fraction of sp³-hybridized carbons (Fsp3) is 0.533. The number of rotatable bonds is 5. The molecule has 1 aromatic carbocycles. The minimum absolute atomic E-state index is 0.0445. The molecule has 1 heterocycles. The van der Waals surface area contributed by atoms with Crippen LogP contribution in [0.15, 0.2) is 18.2 Å². The van der Waals surface area contributed by atoms with Crippen molar-refractivity contribution >= 4 is 17.5 Å². The fourth-order valence-corrected chi connectivity index (χ4v) is 2.87. The van der Waals surface area contributed by atoms with E-state index in [2.05, 4.69) is 0 Å². The molecule has 0 radical (unpaired) electrons. The molecular weight excluding hydrogens is 278 g/mol. The van der Waals surface area contributed by atoms with Crippen molar-refractivity contribution in [3.05, 3.63) is 23.8 Å². The summed E-state index contributed by atoms with van der Waals surface area (Å²) < 4.78 is 10.4. The van der Waals surface area contributed by atoms with Crippen molar-refractivity contribution < 1.29 is 14.3 Å². The van der Waals surface area contributed by atoms with E-state index in [0.717, 1.165) is 25.9 Å². The maximum Gasteiger partial charge on any atom is 0.254 e. The van der Waals surface area contributed by atoms with Crippen LogP contribution in [0.3, 0.4) is 0 Å². The first kappa shape index (κ1) is 15.0. The molecule has 1 atom stereocenters. The second kappa shape index (κ2) is 6.84. The minimum atomic E-state index is 0.0445. The smallest absolute Gasteiger partial charge is 0.254 e. The second-order valence-corrected chi connectivity index (χ2v) is 5.33. The van der Waals surface area contributed by atoms with Crippen LogP contribution in [0.25, 0.3) is 0 Å². The van der Waals surface area contributed by atoms with Crippen LogP contribution in [0, 0.1) is 5.92 Å². The molecule has 0 spiro atoms. The quantitative estimate of drug-likeness (QED) is 0.785. The molecule has 1 amide bonds. The third kappa shape index (κ3) is 3.18. The highest BCUT2D eigenvalue weighted by atomic mass is 35.5. The minimum Gasteiger partial charge on any atom is -0.493 e. The van der Waals surface area contributed by atoms with Crippen molar-refractivity contribution in [2.45, 2.75) is 12.8 Å². The van der Waals surface area contributed by atoms with E-state index in [-0.39, 0.29) is 5.91 Å². The van der Waals surface area contributed by atoms with Gasteiger partial charge in [-0.15, -0.1) is 11.6 Å². The number of benzene rings is 1. The Bertz CT molecular complexity index is 478. The molecule has 0 aromatic heterocycles. The number of carbonyl (C=O) groups excluding carboxylic acids is 1. The summed E-state index contributed by atoms with van der Waals surface area (Å²) in [5.74, 6) is 2.43. The van der Waals surface area contributed by atoms with E-state index in [1.54, 1.807) is 32.4 Å². The standard InChI is InChI=1S/C15H20ClNO3/c1-19-13-4-3-12(9-14(13)20-2)15(18)17-8-6-11(10-17)5-7-16/h3-4,9,11H,5-8,10H2,1-2H3. The van der Waals surface area contributed by atoms with Crippen molar-refractivity contribution in [3.63, 3.8) is 0 Å². The summed E-state index contributed by atoms with van der Waals surface area (Å²) in [5, 5.41) is 0. The fourth-order valence-electron chi connectivity index (χ4n) is 2.56. The summed E-state index contributed by atoms with van der Waals surface area (Å²) in [7, 11) is 3.15. The number of methoxy groups -OCH3 is 2. The number of carbonyl (C=O) groups is 1. The largest absolute Gasteiger partial charge is 0.493 e. The lowest BCUT2D eigenvalue weighted by Gasteiger charge is -2.17. The summed E-state index contributed by atoms with van der Waals surface area (Å²) in [6, 6.07) is 5.27. The van der Waals surface area contributed by atoms with Gasteiger partial charge >= 0.3 is 0 Å². The first-order chi connectivity index (χ1) is 9.69.